The van der Waals surface area contributed by atoms with E-state index in [2.05, 4.69) is 17.1 Å². The van der Waals surface area contributed by atoms with Crippen LogP contribution in [0.4, 0.5) is 11.4 Å². The highest BCUT2D eigenvalue weighted by molar-refractivity contribution is 7.89. The Morgan fingerprint density at radius 2 is 1.73 bits per heavy atom. The number of carbonyl (C=O) groups excluding carboxylic acids is 1. The molecule has 2 aromatic rings. The maximum Gasteiger partial charge on any atom is 0.262 e. The van der Waals surface area contributed by atoms with E-state index in [-0.39, 0.29) is 17.4 Å². The van der Waals surface area contributed by atoms with Crippen LogP contribution >= 0.6 is 0 Å². The Hall–Kier alpha value is -2.62. The third-order valence-electron chi connectivity index (χ3n) is 5.66. The minimum absolute atomic E-state index is 0.145. The number of anilines is 2. The zero-order valence-electron chi connectivity index (χ0n) is 19.5. The number of carbonyl (C=O) groups is 1. The van der Waals surface area contributed by atoms with Crippen molar-refractivity contribution in [3.05, 3.63) is 48.0 Å². The molecule has 0 aromatic heterocycles. The summed E-state index contributed by atoms with van der Waals surface area (Å²) in [4.78, 5) is 14.9. The zero-order valence-corrected chi connectivity index (χ0v) is 20.4. The first-order chi connectivity index (χ1) is 15.9. The fraction of sp³-hybridized carbons (Fsp3) is 0.458. The molecule has 9 heteroatoms. The van der Waals surface area contributed by atoms with E-state index in [1.165, 1.54) is 15.9 Å². The summed E-state index contributed by atoms with van der Waals surface area (Å²) in [5.41, 5.74) is 2.40. The monoisotopic (exact) mass is 475 g/mol. The first kappa shape index (κ1) is 25.0. The summed E-state index contributed by atoms with van der Waals surface area (Å²) in [6, 6.07) is 12.5. The number of morpholine rings is 1. The molecule has 0 spiro atoms. The highest BCUT2D eigenvalue weighted by Gasteiger charge is 2.27. The second-order valence-electron chi connectivity index (χ2n) is 7.70. The Labute approximate surface area is 196 Å². The molecule has 3 rings (SSSR count). The molecule has 8 nitrogen and oxygen atoms in total. The molecule has 2 aromatic carbocycles. The normalized spacial score (nSPS) is 14.6. The molecule has 180 valence electrons. The number of ether oxygens (including phenoxy) is 2. The van der Waals surface area contributed by atoms with E-state index in [0.29, 0.717) is 37.7 Å². The maximum atomic E-state index is 13.1. The van der Waals surface area contributed by atoms with Gasteiger partial charge in [-0.25, -0.2) is 8.42 Å². The molecule has 1 saturated heterocycles. The minimum Gasteiger partial charge on any atom is -0.484 e. The molecule has 0 saturated carbocycles. The predicted octanol–water partition coefficient (Wildman–Crippen LogP) is 3.13. The van der Waals surface area contributed by atoms with Crippen LogP contribution in [-0.4, -0.2) is 64.6 Å². The Kier molecular flexibility index (Phi) is 8.71. The molecule has 1 heterocycles. The summed E-state index contributed by atoms with van der Waals surface area (Å²) < 4.78 is 38.6. The van der Waals surface area contributed by atoms with Crippen LogP contribution in [0.5, 0.6) is 5.75 Å². The summed E-state index contributed by atoms with van der Waals surface area (Å²) in [7, 11) is -3.69. The summed E-state index contributed by atoms with van der Waals surface area (Å²) in [6.07, 6.45) is 0.929. The van der Waals surface area contributed by atoms with Crippen molar-refractivity contribution >= 4 is 27.3 Å². The zero-order chi connectivity index (χ0) is 23.8. The number of hydrogen-bond acceptors (Lipinski definition) is 6. The molecule has 0 atom stereocenters. The lowest BCUT2D eigenvalue weighted by Crippen LogP contribution is -2.40. The topological polar surface area (TPSA) is 88.2 Å². The van der Waals surface area contributed by atoms with Crippen molar-refractivity contribution in [2.45, 2.75) is 32.1 Å². The van der Waals surface area contributed by atoms with E-state index in [0.717, 1.165) is 25.2 Å². The van der Waals surface area contributed by atoms with Gasteiger partial charge in [0, 0.05) is 26.2 Å². The largest absolute Gasteiger partial charge is 0.484 e. The van der Waals surface area contributed by atoms with Gasteiger partial charge in [-0.05, 0) is 56.2 Å². The molecule has 33 heavy (non-hydrogen) atoms. The molecule has 0 unspecified atom stereocenters. The number of nitrogens with zero attached hydrogens (tertiary/aromatic N) is 2. The highest BCUT2D eigenvalue weighted by Crippen LogP contribution is 2.30. The van der Waals surface area contributed by atoms with Gasteiger partial charge in [-0.1, -0.05) is 19.1 Å². The van der Waals surface area contributed by atoms with E-state index in [9.17, 15) is 13.2 Å². The number of rotatable bonds is 10. The maximum absolute atomic E-state index is 13.1. The molecular weight excluding hydrogens is 442 g/mol. The van der Waals surface area contributed by atoms with Crippen LogP contribution < -0.4 is 15.0 Å². The average molecular weight is 476 g/mol. The molecule has 0 aliphatic carbocycles. The Bertz CT molecular complexity index is 1030. The van der Waals surface area contributed by atoms with Gasteiger partial charge in [-0.2, -0.15) is 4.31 Å². The van der Waals surface area contributed by atoms with Gasteiger partial charge in [-0.3, -0.25) is 4.79 Å². The van der Waals surface area contributed by atoms with E-state index in [1.54, 1.807) is 12.1 Å². The molecule has 1 aliphatic rings. The third-order valence-corrected chi connectivity index (χ3v) is 7.55. The summed E-state index contributed by atoms with van der Waals surface area (Å²) >= 11 is 0. The lowest BCUT2D eigenvalue weighted by atomic mass is 10.2. The molecule has 0 bridgehead atoms. The van der Waals surface area contributed by atoms with Gasteiger partial charge in [0.1, 0.15) is 5.75 Å². The van der Waals surface area contributed by atoms with Crippen LogP contribution in [0.15, 0.2) is 47.4 Å². The second-order valence-corrected chi connectivity index (χ2v) is 9.64. The van der Waals surface area contributed by atoms with Crippen molar-refractivity contribution in [1.82, 2.24) is 4.31 Å². The summed E-state index contributed by atoms with van der Waals surface area (Å²) in [5, 5.41) is 2.85. The van der Waals surface area contributed by atoms with Gasteiger partial charge in [-0.15, -0.1) is 0 Å². The fourth-order valence-electron chi connectivity index (χ4n) is 3.71. The smallest absolute Gasteiger partial charge is 0.262 e. The van der Waals surface area contributed by atoms with Crippen molar-refractivity contribution in [3.63, 3.8) is 0 Å². The predicted molar refractivity (Wildman–Crippen MR) is 130 cm³/mol. The summed E-state index contributed by atoms with van der Waals surface area (Å²) in [6.45, 7) is 8.72. The Balaban J connectivity index is 1.80. The second kappa shape index (κ2) is 11.5. The van der Waals surface area contributed by atoms with Gasteiger partial charge >= 0.3 is 0 Å². The fourth-order valence-corrected chi connectivity index (χ4v) is 5.14. The van der Waals surface area contributed by atoms with Gasteiger partial charge in [0.2, 0.25) is 10.0 Å². The number of nitrogens with one attached hydrogen (secondary N) is 1. The molecule has 0 radical (unpaired) electrons. The lowest BCUT2D eigenvalue weighted by Gasteiger charge is -2.28. The van der Waals surface area contributed by atoms with Gasteiger partial charge in [0.05, 0.1) is 29.5 Å². The van der Waals surface area contributed by atoms with Crippen LogP contribution in [0.2, 0.25) is 0 Å². The van der Waals surface area contributed by atoms with Crippen LogP contribution in [0.25, 0.3) is 0 Å². The highest BCUT2D eigenvalue weighted by atomic mass is 32.2. The van der Waals surface area contributed by atoms with E-state index >= 15 is 0 Å². The van der Waals surface area contributed by atoms with Crippen molar-refractivity contribution in [2.75, 3.05) is 56.2 Å². The Morgan fingerprint density at radius 1 is 1.06 bits per heavy atom. The van der Waals surface area contributed by atoms with Crippen LogP contribution in [0, 0.1) is 0 Å². The van der Waals surface area contributed by atoms with Gasteiger partial charge in [0.25, 0.3) is 5.91 Å². The van der Waals surface area contributed by atoms with Crippen molar-refractivity contribution < 1.29 is 22.7 Å². The summed E-state index contributed by atoms with van der Waals surface area (Å²) in [5.74, 6) is 0.249. The quantitative estimate of drug-likeness (QED) is 0.568. The number of aryl methyl sites for hydroxylation is 1. The minimum atomic E-state index is -3.69. The van der Waals surface area contributed by atoms with E-state index in [1.807, 2.05) is 38.1 Å². The van der Waals surface area contributed by atoms with Gasteiger partial charge in [0.15, 0.2) is 6.61 Å². The SMILES string of the molecule is CCc1ccc(OCC(=O)Nc2cc(S(=O)(=O)N3CCOCC3)ccc2N(CC)CC)cc1. The third kappa shape index (κ3) is 6.25. The Morgan fingerprint density at radius 3 is 2.33 bits per heavy atom. The van der Waals surface area contributed by atoms with Crippen molar-refractivity contribution in [3.8, 4) is 5.75 Å². The lowest BCUT2D eigenvalue weighted by molar-refractivity contribution is -0.118. The molecule has 1 aliphatic heterocycles. The molecule has 1 fully saturated rings. The van der Waals surface area contributed by atoms with Gasteiger partial charge < -0.3 is 19.7 Å². The van der Waals surface area contributed by atoms with Crippen LogP contribution in [-0.2, 0) is 26.0 Å². The number of hydrogen-bond donors (Lipinski definition) is 1. The standard InChI is InChI=1S/C24H33N3O5S/c1-4-19-7-9-20(10-8-19)32-18-24(28)25-22-17-21(11-12-23(22)26(5-2)6-3)33(29,30)27-13-15-31-16-14-27/h7-12,17H,4-6,13-16,18H2,1-3H3,(H,25,28). The molecule has 1 N–H and O–H groups in total. The number of amides is 1. The van der Waals surface area contributed by atoms with Crippen LogP contribution in [0.3, 0.4) is 0 Å². The van der Waals surface area contributed by atoms with E-state index in [4.69, 9.17) is 9.47 Å². The molecule has 1 amide bonds. The first-order valence-electron chi connectivity index (χ1n) is 11.4. The van der Waals surface area contributed by atoms with Crippen molar-refractivity contribution in [1.29, 1.82) is 0 Å². The number of sulfonamides is 1. The number of benzene rings is 2. The average Bonchev–Trinajstić information content (AvgIpc) is 2.85. The van der Waals surface area contributed by atoms with Crippen LogP contribution in [0.1, 0.15) is 26.3 Å². The van der Waals surface area contributed by atoms with E-state index < -0.39 is 10.0 Å². The first-order valence-corrected chi connectivity index (χ1v) is 12.8. The van der Waals surface area contributed by atoms with Crippen molar-refractivity contribution in [2.24, 2.45) is 0 Å². The molecular formula is C24H33N3O5S.